The third-order valence-electron chi connectivity index (χ3n) is 7.26. The number of aryl methyl sites for hydroxylation is 4. The van der Waals surface area contributed by atoms with E-state index in [4.69, 9.17) is 4.98 Å². The molecule has 0 atom stereocenters. The van der Waals surface area contributed by atoms with Crippen molar-refractivity contribution < 1.29 is 4.79 Å². The Balaban J connectivity index is 1.33. The summed E-state index contributed by atoms with van der Waals surface area (Å²) in [4.78, 5) is 31.9. The van der Waals surface area contributed by atoms with Gasteiger partial charge in [-0.3, -0.25) is 4.79 Å². The van der Waals surface area contributed by atoms with E-state index in [-0.39, 0.29) is 11.8 Å². The van der Waals surface area contributed by atoms with E-state index in [0.717, 1.165) is 73.0 Å². The zero-order valence-corrected chi connectivity index (χ0v) is 20.0. The lowest BCUT2D eigenvalue weighted by Gasteiger charge is -2.35. The number of hydrogen-bond acceptors (Lipinski definition) is 5. The van der Waals surface area contributed by atoms with Gasteiger partial charge in [0.2, 0.25) is 5.91 Å². The maximum atomic E-state index is 13.5. The van der Waals surface area contributed by atoms with Crippen LogP contribution >= 0.6 is 0 Å². The first-order chi connectivity index (χ1) is 16.1. The molecule has 0 spiro atoms. The summed E-state index contributed by atoms with van der Waals surface area (Å²) in [6, 6.07) is 6.34. The van der Waals surface area contributed by atoms with Crippen LogP contribution in [0, 0.1) is 19.8 Å². The molecule has 0 bridgehead atoms. The number of hydrogen-bond donors (Lipinski definition) is 0. The average molecular weight is 447 g/mol. The minimum Gasteiger partial charge on any atom is -0.355 e. The van der Waals surface area contributed by atoms with Crippen LogP contribution in [0.15, 0.2) is 24.5 Å². The number of fused-ring (bicyclic) bond motifs is 3. The maximum Gasteiger partial charge on any atom is 0.230 e. The Bertz CT molecular complexity index is 1160. The predicted molar refractivity (Wildman–Crippen MR) is 132 cm³/mol. The molecule has 0 N–H and O–H groups in total. The molecule has 3 aromatic rings. The van der Waals surface area contributed by atoms with Crippen molar-refractivity contribution in [3.8, 4) is 0 Å². The number of nitrogens with zero attached hydrogens (tertiary/aromatic N) is 6. The summed E-state index contributed by atoms with van der Waals surface area (Å²) in [5, 5.41) is 0. The third-order valence-corrected chi connectivity index (χ3v) is 7.26. The minimum absolute atomic E-state index is 0.0390. The van der Waals surface area contributed by atoms with Gasteiger partial charge in [-0.2, -0.15) is 0 Å². The molecule has 0 radical (unpaired) electrons. The van der Waals surface area contributed by atoms with Crippen molar-refractivity contribution in [1.82, 2.24) is 19.5 Å². The molecule has 4 heterocycles. The van der Waals surface area contributed by atoms with Crippen LogP contribution in [0.4, 0.5) is 11.5 Å². The quantitative estimate of drug-likeness (QED) is 0.593. The SMILES string of the molecule is CCN(C(=O)C1CCN(c2ncnc3c2nc2n3CCCCC2)CC1)c1cc(C)ccc1C. The largest absolute Gasteiger partial charge is 0.355 e. The zero-order chi connectivity index (χ0) is 22.9. The van der Waals surface area contributed by atoms with Gasteiger partial charge >= 0.3 is 0 Å². The molecule has 2 aromatic heterocycles. The molecule has 0 unspecified atom stereocenters. The van der Waals surface area contributed by atoms with Gasteiger partial charge in [0, 0.05) is 44.2 Å². The lowest BCUT2D eigenvalue weighted by molar-refractivity contribution is -0.122. The molecule has 2 aliphatic heterocycles. The molecule has 7 heteroatoms. The van der Waals surface area contributed by atoms with E-state index in [9.17, 15) is 4.79 Å². The van der Waals surface area contributed by atoms with Crippen molar-refractivity contribution in [3.63, 3.8) is 0 Å². The lowest BCUT2D eigenvalue weighted by atomic mass is 9.94. The Kier molecular flexibility index (Phi) is 6.04. The zero-order valence-electron chi connectivity index (χ0n) is 20.0. The average Bonchev–Trinajstić information content (AvgIpc) is 3.02. The van der Waals surface area contributed by atoms with E-state index in [1.807, 2.05) is 4.90 Å². The summed E-state index contributed by atoms with van der Waals surface area (Å²) in [7, 11) is 0. The first kappa shape index (κ1) is 21.9. The molecule has 1 saturated heterocycles. The fourth-order valence-corrected chi connectivity index (χ4v) is 5.37. The highest BCUT2D eigenvalue weighted by atomic mass is 16.2. The second-order valence-corrected chi connectivity index (χ2v) is 9.49. The van der Waals surface area contributed by atoms with Gasteiger partial charge in [-0.15, -0.1) is 0 Å². The molecule has 7 nitrogen and oxygen atoms in total. The second kappa shape index (κ2) is 9.12. The number of carbonyl (C=O) groups excluding carboxylic acids is 1. The molecule has 0 aliphatic carbocycles. The number of anilines is 2. The Morgan fingerprint density at radius 3 is 2.70 bits per heavy atom. The molecular weight excluding hydrogens is 412 g/mol. The standard InChI is InChI=1S/C26H34N6O/c1-4-31(21-16-18(2)9-10-19(21)3)26(33)20-11-14-30(15-12-20)24-23-25(28-17-27-24)32-13-7-5-6-8-22(32)29-23/h9-10,16-17,20H,4-8,11-15H2,1-3H3. The number of piperidine rings is 1. The van der Waals surface area contributed by atoms with Crippen LogP contribution in [-0.4, -0.2) is 45.1 Å². The van der Waals surface area contributed by atoms with Gasteiger partial charge in [-0.05, 0) is 63.6 Å². The molecule has 1 amide bonds. The summed E-state index contributed by atoms with van der Waals surface area (Å²) in [6.07, 6.45) is 7.97. The molecule has 5 rings (SSSR count). The maximum absolute atomic E-state index is 13.5. The van der Waals surface area contributed by atoms with E-state index in [0.29, 0.717) is 6.54 Å². The van der Waals surface area contributed by atoms with Gasteiger partial charge in [-0.25, -0.2) is 15.0 Å². The topological polar surface area (TPSA) is 67.2 Å². The van der Waals surface area contributed by atoms with Crippen LogP contribution in [0.2, 0.25) is 0 Å². The summed E-state index contributed by atoms with van der Waals surface area (Å²) >= 11 is 0. The number of rotatable bonds is 4. The summed E-state index contributed by atoms with van der Waals surface area (Å²) in [6.45, 7) is 9.54. The summed E-state index contributed by atoms with van der Waals surface area (Å²) < 4.78 is 2.28. The van der Waals surface area contributed by atoms with Crippen molar-refractivity contribution in [2.24, 2.45) is 5.92 Å². The number of aromatic nitrogens is 4. The van der Waals surface area contributed by atoms with E-state index in [2.05, 4.69) is 58.4 Å². The van der Waals surface area contributed by atoms with E-state index < -0.39 is 0 Å². The number of imidazole rings is 1. The molecule has 0 saturated carbocycles. The van der Waals surface area contributed by atoms with Crippen molar-refractivity contribution >= 4 is 28.6 Å². The Labute approximate surface area is 195 Å². The third kappa shape index (κ3) is 4.09. The van der Waals surface area contributed by atoms with Gasteiger partial charge < -0.3 is 14.4 Å². The smallest absolute Gasteiger partial charge is 0.230 e. The highest BCUT2D eigenvalue weighted by Crippen LogP contribution is 2.31. The molecule has 1 aromatic carbocycles. The van der Waals surface area contributed by atoms with Crippen molar-refractivity contribution in [2.45, 2.75) is 65.8 Å². The highest BCUT2D eigenvalue weighted by molar-refractivity contribution is 5.96. The van der Waals surface area contributed by atoms with Gasteiger partial charge in [-0.1, -0.05) is 18.6 Å². The number of carbonyl (C=O) groups is 1. The minimum atomic E-state index is 0.0390. The molecule has 1 fully saturated rings. The predicted octanol–water partition coefficient (Wildman–Crippen LogP) is 4.44. The summed E-state index contributed by atoms with van der Waals surface area (Å²) in [5.41, 5.74) is 5.26. The van der Waals surface area contributed by atoms with Crippen LogP contribution in [0.25, 0.3) is 11.2 Å². The highest BCUT2D eigenvalue weighted by Gasteiger charge is 2.31. The molecule has 174 valence electrons. The van der Waals surface area contributed by atoms with Crippen LogP contribution < -0.4 is 9.80 Å². The van der Waals surface area contributed by atoms with Crippen molar-refractivity contribution in [1.29, 1.82) is 0 Å². The Morgan fingerprint density at radius 1 is 1.09 bits per heavy atom. The van der Waals surface area contributed by atoms with E-state index in [1.165, 1.54) is 24.8 Å². The van der Waals surface area contributed by atoms with Gasteiger partial charge in [0.05, 0.1) is 0 Å². The van der Waals surface area contributed by atoms with Crippen LogP contribution in [-0.2, 0) is 17.8 Å². The first-order valence-corrected chi connectivity index (χ1v) is 12.4. The normalized spacial score (nSPS) is 17.1. The molecule has 33 heavy (non-hydrogen) atoms. The van der Waals surface area contributed by atoms with Gasteiger partial charge in [0.25, 0.3) is 0 Å². The van der Waals surface area contributed by atoms with Crippen molar-refractivity contribution in [2.75, 3.05) is 29.4 Å². The first-order valence-electron chi connectivity index (χ1n) is 12.4. The Hall–Kier alpha value is -2.96. The lowest BCUT2D eigenvalue weighted by Crippen LogP contribution is -2.43. The van der Waals surface area contributed by atoms with E-state index >= 15 is 0 Å². The van der Waals surface area contributed by atoms with Crippen LogP contribution in [0.1, 0.15) is 56.0 Å². The van der Waals surface area contributed by atoms with Crippen LogP contribution in [0.3, 0.4) is 0 Å². The Morgan fingerprint density at radius 2 is 1.91 bits per heavy atom. The number of amides is 1. The van der Waals surface area contributed by atoms with Crippen LogP contribution in [0.5, 0.6) is 0 Å². The van der Waals surface area contributed by atoms with Gasteiger partial charge in [0.15, 0.2) is 17.0 Å². The van der Waals surface area contributed by atoms with Gasteiger partial charge in [0.1, 0.15) is 12.2 Å². The van der Waals surface area contributed by atoms with Crippen molar-refractivity contribution in [3.05, 3.63) is 41.5 Å². The summed E-state index contributed by atoms with van der Waals surface area (Å²) in [5.74, 6) is 2.35. The fraction of sp³-hybridized carbons (Fsp3) is 0.538. The number of benzene rings is 1. The molecular formula is C26H34N6O. The molecule has 2 aliphatic rings. The second-order valence-electron chi connectivity index (χ2n) is 9.49. The van der Waals surface area contributed by atoms with E-state index in [1.54, 1.807) is 6.33 Å². The fourth-order valence-electron chi connectivity index (χ4n) is 5.37. The monoisotopic (exact) mass is 446 g/mol.